The molecule has 36 heavy (non-hydrogen) atoms. The van der Waals surface area contributed by atoms with Gasteiger partial charge >= 0.3 is 0 Å². The van der Waals surface area contributed by atoms with E-state index in [2.05, 4.69) is 10.3 Å². The highest BCUT2D eigenvalue weighted by Crippen LogP contribution is 2.33. The minimum atomic E-state index is -1.23. The van der Waals surface area contributed by atoms with E-state index in [1.807, 2.05) is 38.1 Å². The SMILES string of the molecule is CC[C@H]1C(=O)C(C)(C)[C@@H](O)CC(=O)N[C@H](c2ccc3sc(C)nc3c2)C/C=C(\Cl)CCO[C@@H](C)[C@H]1O. The number of aliphatic hydroxyl groups excluding tert-OH is 2. The van der Waals surface area contributed by atoms with E-state index in [-0.39, 0.29) is 30.8 Å². The number of hydrogen-bond acceptors (Lipinski definition) is 7. The van der Waals surface area contributed by atoms with Gasteiger partial charge in [0.15, 0.2) is 0 Å². The first-order chi connectivity index (χ1) is 16.9. The highest BCUT2D eigenvalue weighted by atomic mass is 35.5. The number of halogens is 1. The largest absolute Gasteiger partial charge is 0.392 e. The van der Waals surface area contributed by atoms with Crippen LogP contribution in [0.1, 0.15) is 70.0 Å². The second-order valence-corrected chi connectivity index (χ2v) is 11.8. The molecule has 0 bridgehead atoms. The van der Waals surface area contributed by atoms with Crippen LogP contribution in [0.25, 0.3) is 10.2 Å². The fraction of sp³-hybridized carbons (Fsp3) is 0.593. The summed E-state index contributed by atoms with van der Waals surface area (Å²) in [7, 11) is 0. The van der Waals surface area contributed by atoms with Crippen LogP contribution in [0, 0.1) is 18.3 Å². The van der Waals surface area contributed by atoms with E-state index in [4.69, 9.17) is 16.3 Å². The Morgan fingerprint density at radius 1 is 1.28 bits per heavy atom. The number of aliphatic hydroxyl groups is 2. The maximum Gasteiger partial charge on any atom is 0.223 e. The molecular formula is C27H37ClN2O5S. The molecule has 1 aliphatic rings. The van der Waals surface area contributed by atoms with Crippen molar-refractivity contribution in [1.29, 1.82) is 0 Å². The van der Waals surface area contributed by atoms with Crippen LogP contribution in [0.2, 0.25) is 0 Å². The van der Waals surface area contributed by atoms with Crippen molar-refractivity contribution in [3.05, 3.63) is 39.9 Å². The van der Waals surface area contributed by atoms with Crippen molar-refractivity contribution in [1.82, 2.24) is 10.3 Å². The van der Waals surface area contributed by atoms with Crippen LogP contribution < -0.4 is 5.32 Å². The first-order valence-corrected chi connectivity index (χ1v) is 13.7. The van der Waals surface area contributed by atoms with Crippen LogP contribution in [0.3, 0.4) is 0 Å². The quantitative estimate of drug-likeness (QED) is 0.508. The molecule has 0 unspecified atom stereocenters. The van der Waals surface area contributed by atoms with Gasteiger partial charge in [-0.15, -0.1) is 11.3 Å². The van der Waals surface area contributed by atoms with Crippen molar-refractivity contribution in [2.75, 3.05) is 6.61 Å². The number of nitrogens with zero attached hydrogens (tertiary/aromatic N) is 1. The normalized spacial score (nSPS) is 30.6. The average Bonchev–Trinajstić information content (AvgIpc) is 3.20. The molecule has 1 aromatic carbocycles. The molecule has 1 aromatic heterocycles. The second kappa shape index (κ2) is 12.1. The van der Waals surface area contributed by atoms with Crippen LogP contribution >= 0.6 is 22.9 Å². The lowest BCUT2D eigenvalue weighted by molar-refractivity contribution is -0.147. The molecule has 2 heterocycles. The molecule has 0 aliphatic carbocycles. The molecule has 198 valence electrons. The maximum atomic E-state index is 13.4. The Kier molecular flexibility index (Phi) is 9.68. The fourth-order valence-corrected chi connectivity index (χ4v) is 5.55. The molecule has 1 aliphatic heterocycles. The number of nitrogens with one attached hydrogen (secondary N) is 1. The van der Waals surface area contributed by atoms with Crippen molar-refractivity contribution >= 4 is 44.8 Å². The second-order valence-electron chi connectivity index (χ2n) is 10.1. The van der Waals surface area contributed by atoms with Gasteiger partial charge in [0.1, 0.15) is 5.78 Å². The smallest absolute Gasteiger partial charge is 0.223 e. The number of carbonyl (C=O) groups is 2. The van der Waals surface area contributed by atoms with Crippen LogP contribution in [0.15, 0.2) is 29.3 Å². The van der Waals surface area contributed by atoms with Crippen molar-refractivity contribution in [2.45, 2.75) is 84.7 Å². The van der Waals surface area contributed by atoms with E-state index < -0.39 is 29.6 Å². The molecular weight excluding hydrogens is 500 g/mol. The lowest BCUT2D eigenvalue weighted by atomic mass is 9.72. The topological polar surface area (TPSA) is 109 Å². The Bertz CT molecular complexity index is 1110. The number of fused-ring (bicyclic) bond motifs is 1. The molecule has 3 rings (SSSR count). The van der Waals surface area contributed by atoms with E-state index in [9.17, 15) is 19.8 Å². The van der Waals surface area contributed by atoms with E-state index in [1.54, 1.807) is 32.1 Å². The molecule has 0 saturated carbocycles. The minimum Gasteiger partial charge on any atom is -0.392 e. The molecule has 0 saturated heterocycles. The Labute approximate surface area is 221 Å². The van der Waals surface area contributed by atoms with Gasteiger partial charge in [-0.25, -0.2) is 4.98 Å². The summed E-state index contributed by atoms with van der Waals surface area (Å²) in [6, 6.07) is 5.54. The molecule has 2 aromatic rings. The number of hydrogen-bond donors (Lipinski definition) is 3. The summed E-state index contributed by atoms with van der Waals surface area (Å²) in [5.74, 6) is -1.39. The van der Waals surface area contributed by atoms with Crippen molar-refractivity contribution in [2.24, 2.45) is 11.3 Å². The summed E-state index contributed by atoms with van der Waals surface area (Å²) >= 11 is 8.07. The number of benzene rings is 1. The van der Waals surface area contributed by atoms with Crippen LogP contribution in [0.4, 0.5) is 0 Å². The number of Topliss-reactive ketones (excluding diaryl/α,β-unsaturated/α-hetero) is 1. The lowest BCUT2D eigenvalue weighted by Crippen LogP contribution is -2.48. The van der Waals surface area contributed by atoms with Gasteiger partial charge in [0.25, 0.3) is 0 Å². The summed E-state index contributed by atoms with van der Waals surface area (Å²) in [6.45, 7) is 9.02. The summed E-state index contributed by atoms with van der Waals surface area (Å²) in [5, 5.41) is 26.4. The number of ketones is 1. The maximum absolute atomic E-state index is 13.4. The third-order valence-electron chi connectivity index (χ3n) is 7.07. The predicted octanol–water partition coefficient (Wildman–Crippen LogP) is 4.82. The Morgan fingerprint density at radius 3 is 2.69 bits per heavy atom. The zero-order valence-corrected chi connectivity index (χ0v) is 23.2. The van der Waals surface area contributed by atoms with Crippen molar-refractivity contribution < 1.29 is 24.5 Å². The summed E-state index contributed by atoms with van der Waals surface area (Å²) in [5.41, 5.74) is 0.516. The molecule has 3 N–H and O–H groups in total. The van der Waals surface area contributed by atoms with E-state index in [0.717, 1.165) is 20.8 Å². The number of aryl methyl sites for hydroxylation is 1. The van der Waals surface area contributed by atoms with Gasteiger partial charge < -0.3 is 20.3 Å². The number of carbonyl (C=O) groups excluding carboxylic acids is 2. The van der Waals surface area contributed by atoms with Gasteiger partial charge in [0.2, 0.25) is 5.91 Å². The fourth-order valence-electron chi connectivity index (χ4n) is 4.58. The highest BCUT2D eigenvalue weighted by Gasteiger charge is 2.43. The van der Waals surface area contributed by atoms with Crippen molar-refractivity contribution in [3.63, 3.8) is 0 Å². The molecule has 1 amide bonds. The first-order valence-electron chi connectivity index (χ1n) is 12.5. The van der Waals surface area contributed by atoms with Crippen LogP contribution in [-0.2, 0) is 14.3 Å². The Hall–Kier alpha value is -1.84. The van der Waals surface area contributed by atoms with Crippen molar-refractivity contribution in [3.8, 4) is 0 Å². The number of aromatic nitrogens is 1. The predicted molar refractivity (Wildman–Crippen MR) is 143 cm³/mol. The number of ether oxygens (including phenoxy) is 1. The molecule has 5 atom stereocenters. The number of thiazole rings is 1. The van der Waals surface area contributed by atoms with Gasteiger partial charge in [0, 0.05) is 17.4 Å². The molecule has 0 radical (unpaired) electrons. The van der Waals surface area contributed by atoms with E-state index >= 15 is 0 Å². The van der Waals surface area contributed by atoms with Gasteiger partial charge in [0.05, 0.1) is 58.0 Å². The van der Waals surface area contributed by atoms with E-state index in [0.29, 0.717) is 24.3 Å². The summed E-state index contributed by atoms with van der Waals surface area (Å²) < 4.78 is 6.88. The average molecular weight is 537 g/mol. The molecule has 9 heteroatoms. The third kappa shape index (κ3) is 6.72. The number of rotatable bonds is 2. The zero-order chi connectivity index (χ0) is 26.6. The first kappa shape index (κ1) is 28.7. The standard InChI is InChI=1S/C27H37ClN2O5S/c1-6-19-25(33)15(2)35-12-11-18(28)8-9-20(17-7-10-22-21(13-17)29-16(3)36-22)30-24(32)14-23(31)27(4,5)26(19)34/h7-8,10,13,15,19-20,23,25,31,33H,6,9,11-12,14H2,1-5H3,(H,30,32)/b18-8-/t15-,19+,20-,23-,25+/m0/s1. The van der Waals surface area contributed by atoms with Crippen LogP contribution in [-0.4, -0.2) is 51.8 Å². The number of amides is 1. The van der Waals surface area contributed by atoms with Gasteiger partial charge in [-0.05, 0) is 44.4 Å². The molecule has 7 nitrogen and oxygen atoms in total. The van der Waals surface area contributed by atoms with Gasteiger partial charge in [-0.3, -0.25) is 9.59 Å². The lowest BCUT2D eigenvalue weighted by Gasteiger charge is -2.35. The van der Waals surface area contributed by atoms with Gasteiger partial charge in [-0.1, -0.05) is 44.5 Å². The zero-order valence-electron chi connectivity index (χ0n) is 21.6. The van der Waals surface area contributed by atoms with Gasteiger partial charge in [-0.2, -0.15) is 0 Å². The Balaban J connectivity index is 1.92. The molecule has 0 spiro atoms. The minimum absolute atomic E-state index is 0.247. The highest BCUT2D eigenvalue weighted by molar-refractivity contribution is 7.18. The summed E-state index contributed by atoms with van der Waals surface area (Å²) in [4.78, 5) is 31.0. The third-order valence-corrected chi connectivity index (χ3v) is 8.36. The monoisotopic (exact) mass is 536 g/mol. The molecule has 0 fully saturated rings. The Morgan fingerprint density at radius 2 is 2.00 bits per heavy atom. The van der Waals surface area contributed by atoms with Crippen LogP contribution in [0.5, 0.6) is 0 Å². The van der Waals surface area contributed by atoms with E-state index in [1.165, 1.54) is 0 Å². The summed E-state index contributed by atoms with van der Waals surface area (Å²) in [6.07, 6.45) is 0.0323.